The molecule has 1 saturated heterocycles. The molecule has 2 unspecified atom stereocenters. The van der Waals surface area contributed by atoms with Gasteiger partial charge in [0, 0.05) is 37.8 Å². The Hall–Kier alpha value is -0.120. The average Bonchev–Trinajstić information content (AvgIpc) is 2.17. The first kappa shape index (κ1) is 13.9. The van der Waals surface area contributed by atoms with Crippen LogP contribution in [0.4, 0.5) is 0 Å². The summed E-state index contributed by atoms with van der Waals surface area (Å²) in [6.45, 7) is 14.4. The summed E-state index contributed by atoms with van der Waals surface area (Å²) < 4.78 is 5.34. The Morgan fingerprint density at radius 1 is 1.44 bits per heavy atom. The molecule has 1 aliphatic heterocycles. The third-order valence-corrected chi connectivity index (χ3v) is 3.68. The molecule has 0 bridgehead atoms. The predicted molar refractivity (Wildman–Crippen MR) is 68.8 cm³/mol. The molecular formula is C13H28N2O. The van der Waals surface area contributed by atoms with Gasteiger partial charge in [-0.05, 0) is 26.7 Å². The first-order valence-electron chi connectivity index (χ1n) is 6.37. The Morgan fingerprint density at radius 2 is 2.06 bits per heavy atom. The van der Waals surface area contributed by atoms with Crippen molar-refractivity contribution in [3.63, 3.8) is 0 Å². The molecule has 0 amide bonds. The van der Waals surface area contributed by atoms with Crippen LogP contribution in [0.3, 0.4) is 0 Å². The summed E-state index contributed by atoms with van der Waals surface area (Å²) in [5.74, 6) is 0.688. The maximum absolute atomic E-state index is 5.34. The lowest BCUT2D eigenvalue weighted by atomic mass is 9.94. The van der Waals surface area contributed by atoms with Crippen molar-refractivity contribution in [2.45, 2.75) is 52.2 Å². The summed E-state index contributed by atoms with van der Waals surface area (Å²) >= 11 is 0. The van der Waals surface area contributed by atoms with Gasteiger partial charge in [-0.2, -0.15) is 0 Å². The molecule has 0 spiro atoms. The van der Waals surface area contributed by atoms with Crippen molar-refractivity contribution >= 4 is 0 Å². The van der Waals surface area contributed by atoms with Crippen molar-refractivity contribution in [3.8, 4) is 0 Å². The molecule has 1 aliphatic rings. The van der Waals surface area contributed by atoms with Crippen molar-refractivity contribution in [3.05, 3.63) is 0 Å². The summed E-state index contributed by atoms with van der Waals surface area (Å²) in [4.78, 5) is 2.58. The Bertz CT molecular complexity index is 216. The minimum atomic E-state index is 0.128. The number of piperazine rings is 1. The van der Waals surface area contributed by atoms with E-state index in [9.17, 15) is 0 Å². The van der Waals surface area contributed by atoms with Gasteiger partial charge < -0.3 is 10.1 Å². The maximum Gasteiger partial charge on any atom is 0.0641 e. The fourth-order valence-electron chi connectivity index (χ4n) is 2.61. The van der Waals surface area contributed by atoms with Crippen LogP contribution < -0.4 is 5.32 Å². The van der Waals surface area contributed by atoms with Crippen molar-refractivity contribution in [1.82, 2.24) is 10.2 Å². The fraction of sp³-hybridized carbons (Fsp3) is 1.00. The number of hydrogen-bond donors (Lipinski definition) is 1. The number of rotatable bonds is 4. The van der Waals surface area contributed by atoms with Crippen molar-refractivity contribution in [2.75, 3.05) is 26.8 Å². The average molecular weight is 228 g/mol. The Labute approximate surface area is 101 Å². The minimum absolute atomic E-state index is 0.128. The van der Waals surface area contributed by atoms with E-state index in [0.29, 0.717) is 18.0 Å². The minimum Gasteiger partial charge on any atom is -0.383 e. The second kappa shape index (κ2) is 5.48. The van der Waals surface area contributed by atoms with Gasteiger partial charge in [-0.3, -0.25) is 4.90 Å². The van der Waals surface area contributed by atoms with E-state index in [2.05, 4.69) is 44.8 Å². The molecule has 1 rings (SSSR count). The highest BCUT2D eigenvalue weighted by Gasteiger charge is 2.36. The molecule has 0 aliphatic carbocycles. The van der Waals surface area contributed by atoms with E-state index in [1.54, 1.807) is 7.11 Å². The van der Waals surface area contributed by atoms with Crippen LogP contribution in [0.15, 0.2) is 0 Å². The number of ether oxygens (including phenoxy) is 1. The zero-order valence-electron chi connectivity index (χ0n) is 11.7. The molecule has 0 aromatic rings. The Balaban J connectivity index is 2.68. The molecule has 1 heterocycles. The van der Waals surface area contributed by atoms with Crippen LogP contribution in [0.5, 0.6) is 0 Å². The fourth-order valence-corrected chi connectivity index (χ4v) is 2.61. The van der Waals surface area contributed by atoms with Gasteiger partial charge in [-0.1, -0.05) is 13.8 Å². The van der Waals surface area contributed by atoms with E-state index < -0.39 is 0 Å². The zero-order valence-corrected chi connectivity index (χ0v) is 11.7. The van der Waals surface area contributed by atoms with Crippen LogP contribution in [0.1, 0.15) is 34.6 Å². The summed E-state index contributed by atoms with van der Waals surface area (Å²) in [7, 11) is 1.79. The highest BCUT2D eigenvalue weighted by molar-refractivity contribution is 4.93. The standard InChI is InChI=1S/C13H28N2O/c1-10(2)12-8-15(11(3)7-14-12)13(4,5)9-16-6/h10-12,14H,7-9H2,1-6H3. The summed E-state index contributed by atoms with van der Waals surface area (Å²) in [5.41, 5.74) is 0.128. The monoisotopic (exact) mass is 228 g/mol. The zero-order chi connectivity index (χ0) is 12.3. The summed E-state index contributed by atoms with van der Waals surface area (Å²) in [5, 5.41) is 3.63. The number of nitrogens with one attached hydrogen (secondary N) is 1. The number of hydrogen-bond acceptors (Lipinski definition) is 3. The van der Waals surface area contributed by atoms with Crippen molar-refractivity contribution in [1.29, 1.82) is 0 Å². The SMILES string of the molecule is COCC(C)(C)N1CC(C(C)C)NCC1C. The van der Waals surface area contributed by atoms with Gasteiger partial charge in [0.25, 0.3) is 0 Å². The topological polar surface area (TPSA) is 24.5 Å². The van der Waals surface area contributed by atoms with Crippen molar-refractivity contribution < 1.29 is 4.74 Å². The maximum atomic E-state index is 5.34. The molecule has 0 aromatic heterocycles. The van der Waals surface area contributed by atoms with Gasteiger partial charge in [0.15, 0.2) is 0 Å². The van der Waals surface area contributed by atoms with Crippen molar-refractivity contribution in [2.24, 2.45) is 5.92 Å². The molecule has 2 atom stereocenters. The van der Waals surface area contributed by atoms with Crippen LogP contribution in [0, 0.1) is 5.92 Å². The molecule has 3 nitrogen and oxygen atoms in total. The molecule has 0 radical (unpaired) electrons. The second-order valence-electron chi connectivity index (χ2n) is 6.01. The largest absolute Gasteiger partial charge is 0.383 e. The lowest BCUT2D eigenvalue weighted by Gasteiger charge is -2.48. The smallest absolute Gasteiger partial charge is 0.0641 e. The van der Waals surface area contributed by atoms with E-state index in [4.69, 9.17) is 4.74 Å². The molecular weight excluding hydrogens is 200 g/mol. The van der Waals surface area contributed by atoms with E-state index >= 15 is 0 Å². The van der Waals surface area contributed by atoms with Gasteiger partial charge in [0.1, 0.15) is 0 Å². The number of nitrogens with zero attached hydrogens (tertiary/aromatic N) is 1. The van der Waals surface area contributed by atoms with Crippen LogP contribution in [0.2, 0.25) is 0 Å². The van der Waals surface area contributed by atoms with Crippen LogP contribution in [-0.4, -0.2) is 49.3 Å². The van der Waals surface area contributed by atoms with Crippen LogP contribution in [-0.2, 0) is 4.74 Å². The predicted octanol–water partition coefficient (Wildman–Crippen LogP) is 1.73. The molecule has 0 saturated carbocycles. The van der Waals surface area contributed by atoms with E-state index in [1.807, 2.05) is 0 Å². The van der Waals surface area contributed by atoms with Gasteiger partial charge in [0.05, 0.1) is 6.61 Å². The third kappa shape index (κ3) is 3.19. The summed E-state index contributed by atoms with van der Waals surface area (Å²) in [6, 6.07) is 1.19. The Kier molecular flexibility index (Phi) is 4.77. The van der Waals surface area contributed by atoms with Gasteiger partial charge in [0.2, 0.25) is 0 Å². The van der Waals surface area contributed by atoms with E-state index in [-0.39, 0.29) is 5.54 Å². The Morgan fingerprint density at radius 3 is 2.56 bits per heavy atom. The molecule has 0 aromatic carbocycles. The normalized spacial score (nSPS) is 28.7. The second-order valence-corrected chi connectivity index (χ2v) is 6.01. The molecule has 1 fully saturated rings. The van der Waals surface area contributed by atoms with E-state index in [1.165, 1.54) is 0 Å². The first-order valence-corrected chi connectivity index (χ1v) is 6.37. The van der Waals surface area contributed by atoms with Crippen LogP contribution in [0.25, 0.3) is 0 Å². The van der Waals surface area contributed by atoms with Gasteiger partial charge in [-0.25, -0.2) is 0 Å². The number of methoxy groups -OCH3 is 1. The summed E-state index contributed by atoms with van der Waals surface area (Å²) in [6.07, 6.45) is 0. The molecule has 96 valence electrons. The highest BCUT2D eigenvalue weighted by atomic mass is 16.5. The van der Waals surface area contributed by atoms with Gasteiger partial charge in [-0.15, -0.1) is 0 Å². The highest BCUT2D eigenvalue weighted by Crippen LogP contribution is 2.22. The quantitative estimate of drug-likeness (QED) is 0.793. The lowest BCUT2D eigenvalue weighted by molar-refractivity contribution is -0.0165. The first-order chi connectivity index (χ1) is 7.38. The lowest BCUT2D eigenvalue weighted by Crippen LogP contribution is -2.64. The molecule has 1 N–H and O–H groups in total. The third-order valence-electron chi connectivity index (χ3n) is 3.68. The van der Waals surface area contributed by atoms with Gasteiger partial charge >= 0.3 is 0 Å². The molecule has 3 heteroatoms. The van der Waals surface area contributed by atoms with E-state index in [0.717, 1.165) is 19.7 Å². The van der Waals surface area contributed by atoms with Crippen LogP contribution >= 0.6 is 0 Å². The molecule has 16 heavy (non-hydrogen) atoms.